The van der Waals surface area contributed by atoms with Gasteiger partial charge in [0.25, 0.3) is 0 Å². The van der Waals surface area contributed by atoms with Crippen LogP contribution in [0.1, 0.15) is 59.9 Å². The Balaban J connectivity index is 0.000000229. The van der Waals surface area contributed by atoms with Crippen molar-refractivity contribution in [2.75, 3.05) is 90.6 Å². The molecule has 0 radical (unpaired) electrons. The average molecular weight is 717 g/mol. The summed E-state index contributed by atoms with van der Waals surface area (Å²) in [5.41, 5.74) is 3.57. The molecule has 2 fully saturated rings. The van der Waals surface area contributed by atoms with Crippen LogP contribution in [0.25, 0.3) is 0 Å². The zero-order valence-corrected chi connectivity index (χ0v) is 32.4. The van der Waals surface area contributed by atoms with E-state index in [1.54, 1.807) is 0 Å². The molecule has 0 aliphatic carbocycles. The van der Waals surface area contributed by atoms with Gasteiger partial charge in [-0.05, 0) is 115 Å². The minimum absolute atomic E-state index is 0.0558. The molecule has 0 saturated carbocycles. The first-order valence-electron chi connectivity index (χ1n) is 18.1. The van der Waals surface area contributed by atoms with E-state index in [0.29, 0.717) is 12.0 Å². The van der Waals surface area contributed by atoms with E-state index in [-0.39, 0.29) is 11.6 Å². The lowest BCUT2D eigenvalue weighted by atomic mass is 9.84. The summed E-state index contributed by atoms with van der Waals surface area (Å²) in [6, 6.07) is 26.1. The fourth-order valence-electron chi connectivity index (χ4n) is 6.34. The van der Waals surface area contributed by atoms with Gasteiger partial charge in [-0.3, -0.25) is 19.4 Å². The number of carbonyl (C=O) groups excluding carboxylic acids is 2. The molecule has 51 heavy (non-hydrogen) atoms. The van der Waals surface area contributed by atoms with Crippen molar-refractivity contribution in [2.45, 2.75) is 51.1 Å². The smallest absolute Gasteiger partial charge is 0.186 e. The van der Waals surface area contributed by atoms with Gasteiger partial charge in [-0.2, -0.15) is 0 Å². The fourth-order valence-corrected chi connectivity index (χ4v) is 6.74. The summed E-state index contributed by atoms with van der Waals surface area (Å²) in [5, 5.41) is 0.733. The molecule has 5 rings (SSSR count). The third-order valence-electron chi connectivity index (χ3n) is 10.2. The molecule has 2 atom stereocenters. The van der Waals surface area contributed by atoms with Crippen LogP contribution in [0.5, 0.6) is 0 Å². The van der Waals surface area contributed by atoms with E-state index in [1.807, 2.05) is 113 Å². The Labute approximate surface area is 311 Å². The van der Waals surface area contributed by atoms with Crippen LogP contribution in [0, 0.1) is 0 Å². The summed E-state index contributed by atoms with van der Waals surface area (Å²) < 4.78 is 10.8. The number of Topliss-reactive ketones (excluding diaryl/α,β-unsaturated/α-hetero) is 2. The Kier molecular flexibility index (Phi) is 14.8. The van der Waals surface area contributed by atoms with Crippen molar-refractivity contribution in [3.8, 4) is 0 Å². The van der Waals surface area contributed by atoms with Crippen molar-refractivity contribution < 1.29 is 19.1 Å². The molecular formula is C42H57ClN4O4. The number of ether oxygens (including phenoxy) is 2. The van der Waals surface area contributed by atoms with E-state index in [0.717, 1.165) is 87.4 Å². The van der Waals surface area contributed by atoms with Crippen LogP contribution in [0.2, 0.25) is 0 Å². The van der Waals surface area contributed by atoms with E-state index in [1.165, 1.54) is 5.56 Å². The van der Waals surface area contributed by atoms with Gasteiger partial charge in [0.15, 0.2) is 11.6 Å². The van der Waals surface area contributed by atoms with Gasteiger partial charge in [0.1, 0.15) is 5.54 Å². The highest BCUT2D eigenvalue weighted by molar-refractivity contribution is 6.30. The fraction of sp³-hybridized carbons (Fsp3) is 0.476. The predicted octanol–water partition coefficient (Wildman–Crippen LogP) is 7.22. The molecule has 2 heterocycles. The SMILES string of the molecule is CCCC(Cl)=CC(C)(C(=O)c1ccc(N2CCOCC2)cc1)N(C)C.CN(C)C(C)(Cc1ccccc1)C(=O)c1ccc(N2CCOCC2)cc1. The van der Waals surface area contributed by atoms with Crippen LogP contribution in [0.3, 0.4) is 0 Å². The largest absolute Gasteiger partial charge is 0.378 e. The summed E-state index contributed by atoms with van der Waals surface area (Å²) in [6.45, 7) is 12.6. The number of rotatable bonds is 13. The lowest BCUT2D eigenvalue weighted by Gasteiger charge is -2.35. The van der Waals surface area contributed by atoms with Crippen molar-refractivity contribution >= 4 is 34.5 Å². The zero-order valence-electron chi connectivity index (χ0n) is 31.7. The van der Waals surface area contributed by atoms with Gasteiger partial charge in [0.2, 0.25) is 0 Å². The van der Waals surface area contributed by atoms with Crippen LogP contribution in [-0.4, -0.2) is 113 Å². The van der Waals surface area contributed by atoms with E-state index in [4.69, 9.17) is 21.1 Å². The second-order valence-corrected chi connectivity index (χ2v) is 14.7. The third kappa shape index (κ3) is 10.5. The van der Waals surface area contributed by atoms with E-state index in [2.05, 4.69) is 41.0 Å². The maximum atomic E-state index is 13.3. The molecule has 3 aromatic carbocycles. The molecule has 2 aliphatic heterocycles. The minimum atomic E-state index is -0.757. The maximum Gasteiger partial charge on any atom is 0.186 e. The number of halogens is 1. The highest BCUT2D eigenvalue weighted by Crippen LogP contribution is 2.28. The molecule has 0 bridgehead atoms. The van der Waals surface area contributed by atoms with Crippen LogP contribution in [-0.2, 0) is 15.9 Å². The third-order valence-corrected chi connectivity index (χ3v) is 10.5. The normalized spacial score (nSPS) is 17.7. The number of hydrogen-bond donors (Lipinski definition) is 0. The number of benzene rings is 3. The number of carbonyl (C=O) groups is 2. The summed E-state index contributed by atoms with van der Waals surface area (Å²) >= 11 is 6.33. The zero-order chi connectivity index (χ0) is 37.0. The molecule has 2 saturated heterocycles. The van der Waals surface area contributed by atoms with Crippen molar-refractivity contribution in [1.82, 2.24) is 9.80 Å². The number of morpholine rings is 2. The van der Waals surface area contributed by atoms with Gasteiger partial charge in [-0.1, -0.05) is 55.3 Å². The van der Waals surface area contributed by atoms with Gasteiger partial charge in [-0.15, -0.1) is 0 Å². The average Bonchev–Trinajstić information content (AvgIpc) is 3.15. The first-order valence-corrected chi connectivity index (χ1v) is 18.5. The van der Waals surface area contributed by atoms with Crippen LogP contribution < -0.4 is 9.80 Å². The Morgan fingerprint density at radius 1 is 0.706 bits per heavy atom. The Bertz CT molecular complexity index is 1570. The van der Waals surface area contributed by atoms with Gasteiger partial charge in [0.05, 0.1) is 32.0 Å². The standard InChI is InChI=1S/C22H28N2O2.C20H29ClN2O2/c1-22(23(2)3,17-18-7-5-4-6-8-18)21(25)19-9-11-20(12-10-19)24-13-15-26-16-14-24;1-5-6-17(21)15-20(2,22(3)4)19(24)16-7-9-18(10-8-16)23-11-13-25-14-12-23/h4-12H,13-17H2,1-3H3;7-10,15H,5-6,11-14H2,1-4H3. The number of hydrogen-bond acceptors (Lipinski definition) is 8. The second kappa shape index (κ2) is 18.8. The minimum Gasteiger partial charge on any atom is -0.378 e. The number of allylic oxidation sites excluding steroid dienone is 1. The molecule has 0 spiro atoms. The summed E-state index contributed by atoms with van der Waals surface area (Å²) in [6.07, 6.45) is 4.32. The van der Waals surface area contributed by atoms with Crippen LogP contribution in [0.4, 0.5) is 11.4 Å². The van der Waals surface area contributed by atoms with Crippen molar-refractivity contribution in [3.05, 3.63) is 107 Å². The second-order valence-electron chi connectivity index (χ2n) is 14.2. The molecule has 3 aromatic rings. The van der Waals surface area contributed by atoms with Crippen molar-refractivity contribution in [3.63, 3.8) is 0 Å². The monoisotopic (exact) mass is 716 g/mol. The number of likely N-dealkylation sites (N-methyl/N-ethyl adjacent to an activating group) is 2. The molecule has 276 valence electrons. The maximum absolute atomic E-state index is 13.3. The first kappa shape index (κ1) is 40.2. The lowest BCUT2D eigenvalue weighted by Crippen LogP contribution is -2.50. The summed E-state index contributed by atoms with van der Waals surface area (Å²) in [5.74, 6) is 0.208. The molecule has 2 aliphatic rings. The molecule has 0 N–H and O–H groups in total. The molecule has 9 heteroatoms. The lowest BCUT2D eigenvalue weighted by molar-refractivity contribution is 0.0718. The van der Waals surface area contributed by atoms with E-state index in [9.17, 15) is 9.59 Å². The highest BCUT2D eigenvalue weighted by atomic mass is 35.5. The highest BCUT2D eigenvalue weighted by Gasteiger charge is 2.37. The van der Waals surface area contributed by atoms with Crippen LogP contribution >= 0.6 is 11.6 Å². The quantitative estimate of drug-likeness (QED) is 0.172. The Morgan fingerprint density at radius 3 is 1.57 bits per heavy atom. The Morgan fingerprint density at radius 2 is 1.16 bits per heavy atom. The number of anilines is 2. The van der Waals surface area contributed by atoms with Crippen molar-refractivity contribution in [1.29, 1.82) is 0 Å². The van der Waals surface area contributed by atoms with Gasteiger partial charge >= 0.3 is 0 Å². The van der Waals surface area contributed by atoms with Gasteiger partial charge in [-0.25, -0.2) is 0 Å². The molecule has 0 aromatic heterocycles. The molecular weight excluding hydrogens is 660 g/mol. The van der Waals surface area contributed by atoms with Crippen molar-refractivity contribution in [2.24, 2.45) is 0 Å². The number of ketones is 2. The molecule has 2 unspecified atom stereocenters. The Hall–Kier alpha value is -3.53. The van der Waals surface area contributed by atoms with Gasteiger partial charge < -0.3 is 19.3 Å². The first-order chi connectivity index (χ1) is 24.4. The molecule has 0 amide bonds. The number of nitrogens with zero attached hydrogens (tertiary/aromatic N) is 4. The summed E-state index contributed by atoms with van der Waals surface area (Å²) in [7, 11) is 7.77. The van der Waals surface area contributed by atoms with Crippen LogP contribution in [0.15, 0.2) is 90.0 Å². The van der Waals surface area contributed by atoms with E-state index < -0.39 is 11.1 Å². The summed E-state index contributed by atoms with van der Waals surface area (Å²) in [4.78, 5) is 35.0. The topological polar surface area (TPSA) is 65.6 Å². The molecule has 8 nitrogen and oxygen atoms in total. The predicted molar refractivity (Wildman–Crippen MR) is 211 cm³/mol. The van der Waals surface area contributed by atoms with E-state index >= 15 is 0 Å². The van der Waals surface area contributed by atoms with Gasteiger partial charge in [0, 0.05) is 53.7 Å².